The van der Waals surface area contributed by atoms with Gasteiger partial charge in [0.05, 0.1) is 35.9 Å². The van der Waals surface area contributed by atoms with Crippen molar-refractivity contribution in [2.24, 2.45) is 0 Å². The van der Waals surface area contributed by atoms with Crippen molar-refractivity contribution in [1.82, 2.24) is 9.55 Å². The number of hydrogen-bond donors (Lipinski definition) is 1. The molecule has 0 saturated heterocycles. The van der Waals surface area contributed by atoms with Gasteiger partial charge < -0.3 is 9.88 Å². The number of carbonyl (C=O) groups is 1. The summed E-state index contributed by atoms with van der Waals surface area (Å²) in [5.74, 6) is -0.321. The van der Waals surface area contributed by atoms with E-state index in [1.807, 2.05) is 16.7 Å². The fraction of sp³-hybridized carbons (Fsp3) is 0.190. The molecule has 0 saturated carbocycles. The van der Waals surface area contributed by atoms with E-state index in [1.165, 1.54) is 6.07 Å². The Morgan fingerprint density at radius 3 is 2.85 bits per heavy atom. The number of hydrogen-bond acceptors (Lipinski definition) is 3. The van der Waals surface area contributed by atoms with Gasteiger partial charge in [-0.15, -0.1) is 0 Å². The lowest BCUT2D eigenvalue weighted by atomic mass is 9.98. The summed E-state index contributed by atoms with van der Waals surface area (Å²) in [6, 6.07) is 13.9. The molecule has 1 atom stereocenters. The minimum absolute atomic E-state index is 0.00379. The molecule has 0 fully saturated rings. The van der Waals surface area contributed by atoms with Crippen molar-refractivity contribution >= 4 is 11.6 Å². The van der Waals surface area contributed by atoms with E-state index < -0.39 is 0 Å². The van der Waals surface area contributed by atoms with Crippen molar-refractivity contribution in [1.29, 1.82) is 5.26 Å². The van der Waals surface area contributed by atoms with Gasteiger partial charge in [-0.1, -0.05) is 12.1 Å². The van der Waals surface area contributed by atoms with Gasteiger partial charge in [-0.05, 0) is 48.7 Å². The third-order valence-electron chi connectivity index (χ3n) is 4.84. The van der Waals surface area contributed by atoms with E-state index in [-0.39, 0.29) is 17.8 Å². The summed E-state index contributed by atoms with van der Waals surface area (Å²) >= 11 is 0. The summed E-state index contributed by atoms with van der Waals surface area (Å²) in [5, 5.41) is 11.6. The standard InChI is InChI=1S/C21H17FN4O/c22-17-4-1-3-16-18(26-13-24-12-19(26)21(16)17)5-2-6-20(27)25-15-9-7-14(11-23)8-10-15/h1,3-4,7-10,12-13,18H,2,5-6H2,(H,25,27). The molecule has 0 radical (unpaired) electrons. The molecule has 2 aromatic carbocycles. The number of nitrogens with one attached hydrogen (secondary N) is 1. The Hall–Kier alpha value is -3.46. The van der Waals surface area contributed by atoms with Crippen molar-refractivity contribution in [2.45, 2.75) is 25.3 Å². The van der Waals surface area contributed by atoms with E-state index in [0.717, 1.165) is 17.7 Å². The first kappa shape index (κ1) is 17.0. The normalized spacial score (nSPS) is 14.3. The van der Waals surface area contributed by atoms with Crippen LogP contribution in [0.1, 0.15) is 36.4 Å². The number of aromatic nitrogens is 2. The molecule has 1 N–H and O–H groups in total. The van der Waals surface area contributed by atoms with Crippen LogP contribution < -0.4 is 5.32 Å². The average molecular weight is 360 g/mol. The molecule has 1 aliphatic heterocycles. The molecule has 134 valence electrons. The van der Waals surface area contributed by atoms with Crippen molar-refractivity contribution in [2.75, 3.05) is 5.32 Å². The smallest absolute Gasteiger partial charge is 0.224 e. The third kappa shape index (κ3) is 3.20. The van der Waals surface area contributed by atoms with Crippen LogP contribution in [-0.4, -0.2) is 15.5 Å². The minimum atomic E-state index is -0.240. The molecular formula is C21H17FN4O. The van der Waals surface area contributed by atoms with Crippen molar-refractivity contribution in [3.8, 4) is 17.3 Å². The van der Waals surface area contributed by atoms with Crippen LogP contribution in [0.4, 0.5) is 10.1 Å². The molecule has 2 heterocycles. The van der Waals surface area contributed by atoms with Gasteiger partial charge in [0, 0.05) is 17.7 Å². The Balaban J connectivity index is 1.39. The van der Waals surface area contributed by atoms with E-state index in [4.69, 9.17) is 5.26 Å². The molecule has 1 unspecified atom stereocenters. The zero-order valence-electron chi connectivity index (χ0n) is 14.5. The highest BCUT2D eigenvalue weighted by Crippen LogP contribution is 2.42. The van der Waals surface area contributed by atoms with Gasteiger partial charge in [-0.25, -0.2) is 9.37 Å². The Kier molecular flexibility index (Phi) is 4.43. The first-order valence-corrected chi connectivity index (χ1v) is 8.78. The number of amides is 1. The van der Waals surface area contributed by atoms with E-state index in [0.29, 0.717) is 29.7 Å². The zero-order valence-corrected chi connectivity index (χ0v) is 14.5. The molecule has 0 aliphatic carbocycles. The summed E-state index contributed by atoms with van der Waals surface area (Å²) in [6.07, 6.45) is 5.15. The van der Waals surface area contributed by atoms with Crippen LogP contribution in [0.15, 0.2) is 55.0 Å². The molecule has 1 aliphatic rings. The number of benzene rings is 2. The Labute approximate surface area is 156 Å². The van der Waals surface area contributed by atoms with Crippen LogP contribution >= 0.6 is 0 Å². The summed E-state index contributed by atoms with van der Waals surface area (Å²) in [5.41, 5.74) is 3.57. The summed E-state index contributed by atoms with van der Waals surface area (Å²) < 4.78 is 16.2. The maximum absolute atomic E-state index is 14.2. The number of halogens is 1. The Bertz CT molecular complexity index is 1030. The topological polar surface area (TPSA) is 70.7 Å². The second kappa shape index (κ2) is 7.04. The second-order valence-corrected chi connectivity index (χ2v) is 6.54. The molecule has 0 bridgehead atoms. The molecule has 27 heavy (non-hydrogen) atoms. The molecule has 1 amide bonds. The van der Waals surface area contributed by atoms with E-state index in [1.54, 1.807) is 42.9 Å². The number of fused-ring (bicyclic) bond motifs is 3. The fourth-order valence-corrected chi connectivity index (χ4v) is 3.59. The van der Waals surface area contributed by atoms with Gasteiger partial charge in [0.2, 0.25) is 5.91 Å². The largest absolute Gasteiger partial charge is 0.326 e. The van der Waals surface area contributed by atoms with Crippen molar-refractivity contribution in [3.05, 3.63) is 71.9 Å². The van der Waals surface area contributed by atoms with Gasteiger partial charge in [-0.2, -0.15) is 5.26 Å². The van der Waals surface area contributed by atoms with Gasteiger partial charge in [-0.3, -0.25) is 4.79 Å². The lowest BCUT2D eigenvalue weighted by Crippen LogP contribution is -2.12. The van der Waals surface area contributed by atoms with Crippen LogP contribution in [0.5, 0.6) is 0 Å². The molecule has 6 heteroatoms. The number of rotatable bonds is 5. The lowest BCUT2D eigenvalue weighted by Gasteiger charge is -2.14. The van der Waals surface area contributed by atoms with Crippen LogP contribution in [0.2, 0.25) is 0 Å². The van der Waals surface area contributed by atoms with Crippen molar-refractivity contribution in [3.63, 3.8) is 0 Å². The Morgan fingerprint density at radius 2 is 2.07 bits per heavy atom. The quantitative estimate of drug-likeness (QED) is 0.738. The van der Waals surface area contributed by atoms with E-state index >= 15 is 0 Å². The van der Waals surface area contributed by atoms with Gasteiger partial charge in [0.25, 0.3) is 0 Å². The SMILES string of the molecule is N#Cc1ccc(NC(=O)CCCC2c3cccc(F)c3-c3cncn32)cc1. The molecule has 4 rings (SSSR count). The summed E-state index contributed by atoms with van der Waals surface area (Å²) in [7, 11) is 0. The van der Waals surface area contributed by atoms with Crippen LogP contribution in [0.3, 0.4) is 0 Å². The average Bonchev–Trinajstić information content (AvgIpc) is 3.25. The second-order valence-electron chi connectivity index (χ2n) is 6.54. The Morgan fingerprint density at radius 1 is 1.26 bits per heavy atom. The van der Waals surface area contributed by atoms with E-state index in [2.05, 4.69) is 10.3 Å². The molecular weight excluding hydrogens is 343 g/mol. The fourth-order valence-electron chi connectivity index (χ4n) is 3.59. The predicted octanol–water partition coefficient (Wildman–Crippen LogP) is 4.27. The predicted molar refractivity (Wildman–Crippen MR) is 99.4 cm³/mol. The number of carbonyl (C=O) groups excluding carboxylic acids is 1. The first-order chi connectivity index (χ1) is 13.2. The number of anilines is 1. The minimum Gasteiger partial charge on any atom is -0.326 e. The highest BCUT2D eigenvalue weighted by atomic mass is 19.1. The summed E-state index contributed by atoms with van der Waals surface area (Å²) in [6.45, 7) is 0. The van der Waals surface area contributed by atoms with Crippen LogP contribution in [0.25, 0.3) is 11.3 Å². The van der Waals surface area contributed by atoms with E-state index in [9.17, 15) is 9.18 Å². The molecule has 3 aromatic rings. The van der Waals surface area contributed by atoms with Crippen LogP contribution in [-0.2, 0) is 4.79 Å². The van der Waals surface area contributed by atoms with Crippen molar-refractivity contribution < 1.29 is 9.18 Å². The molecule has 5 nitrogen and oxygen atoms in total. The lowest BCUT2D eigenvalue weighted by molar-refractivity contribution is -0.116. The monoisotopic (exact) mass is 360 g/mol. The number of imidazole rings is 1. The zero-order chi connectivity index (χ0) is 18.8. The highest BCUT2D eigenvalue weighted by Gasteiger charge is 2.30. The number of nitriles is 1. The maximum Gasteiger partial charge on any atom is 0.224 e. The number of nitrogens with zero attached hydrogens (tertiary/aromatic N) is 3. The van der Waals surface area contributed by atoms with Crippen LogP contribution in [0, 0.1) is 17.1 Å². The first-order valence-electron chi connectivity index (χ1n) is 8.78. The summed E-state index contributed by atoms with van der Waals surface area (Å²) in [4.78, 5) is 16.3. The maximum atomic E-state index is 14.2. The van der Waals surface area contributed by atoms with Gasteiger partial charge in [0.1, 0.15) is 5.82 Å². The molecule has 1 aromatic heterocycles. The van der Waals surface area contributed by atoms with Gasteiger partial charge >= 0.3 is 0 Å². The van der Waals surface area contributed by atoms with Gasteiger partial charge in [0.15, 0.2) is 0 Å². The highest BCUT2D eigenvalue weighted by molar-refractivity contribution is 5.90. The molecule has 0 spiro atoms. The third-order valence-corrected chi connectivity index (χ3v) is 4.84.